The van der Waals surface area contributed by atoms with Crippen LogP contribution in [0, 0.1) is 0 Å². The summed E-state index contributed by atoms with van der Waals surface area (Å²) < 4.78 is 41.1. The highest BCUT2D eigenvalue weighted by atomic mass is 35.5. The number of rotatable bonds is 7. The molecule has 0 spiro atoms. The van der Waals surface area contributed by atoms with E-state index in [9.17, 15) is 18.3 Å². The fraction of sp³-hybridized carbons (Fsp3) is 0.211. The van der Waals surface area contributed by atoms with Gasteiger partial charge in [0.05, 0.1) is 23.0 Å². The molecular weight excluding hydrogens is 423 g/mol. The standard InChI is InChI=1S/C19H17ClF3N5O2/c1-11(10-29)25-18-27-15(14-4-2-3-7-24-14)9-17(28-18)26-12-5-6-16(13(20)8-12)30-19(21,22)23/h2-9,11,29H,10H2,1H3,(H2,25,26,27,28)/t11-/m1/s1. The van der Waals surface area contributed by atoms with E-state index in [4.69, 9.17) is 11.6 Å². The normalized spacial score (nSPS) is 12.3. The molecule has 30 heavy (non-hydrogen) atoms. The minimum atomic E-state index is -4.84. The van der Waals surface area contributed by atoms with E-state index in [1.165, 1.54) is 12.1 Å². The number of benzene rings is 1. The van der Waals surface area contributed by atoms with Crippen molar-refractivity contribution in [3.63, 3.8) is 0 Å². The second-order valence-electron chi connectivity index (χ2n) is 6.22. The Bertz CT molecular complexity index is 1010. The highest BCUT2D eigenvalue weighted by Gasteiger charge is 2.32. The van der Waals surface area contributed by atoms with E-state index in [0.29, 0.717) is 22.9 Å². The first-order valence-electron chi connectivity index (χ1n) is 8.73. The van der Waals surface area contributed by atoms with Gasteiger partial charge in [0, 0.05) is 24.0 Å². The van der Waals surface area contributed by atoms with Crippen molar-refractivity contribution in [3.05, 3.63) is 53.7 Å². The van der Waals surface area contributed by atoms with Crippen molar-refractivity contribution in [1.82, 2.24) is 15.0 Å². The lowest BCUT2D eigenvalue weighted by Crippen LogP contribution is -2.21. The van der Waals surface area contributed by atoms with E-state index >= 15 is 0 Å². The summed E-state index contributed by atoms with van der Waals surface area (Å²) in [4.78, 5) is 13.0. The van der Waals surface area contributed by atoms with Gasteiger partial charge in [0.1, 0.15) is 11.6 Å². The van der Waals surface area contributed by atoms with E-state index in [-0.39, 0.29) is 23.6 Å². The summed E-state index contributed by atoms with van der Waals surface area (Å²) >= 11 is 5.90. The molecule has 1 atom stereocenters. The summed E-state index contributed by atoms with van der Waals surface area (Å²) in [6.07, 6.45) is -3.22. The Morgan fingerprint density at radius 3 is 2.57 bits per heavy atom. The van der Waals surface area contributed by atoms with Crippen molar-refractivity contribution in [2.75, 3.05) is 17.2 Å². The molecule has 3 N–H and O–H groups in total. The molecule has 2 aromatic heterocycles. The number of alkyl halides is 3. The Labute approximate surface area is 174 Å². The second-order valence-corrected chi connectivity index (χ2v) is 6.63. The average molecular weight is 440 g/mol. The summed E-state index contributed by atoms with van der Waals surface area (Å²) in [7, 11) is 0. The maximum Gasteiger partial charge on any atom is 0.573 e. The summed E-state index contributed by atoms with van der Waals surface area (Å²) in [6.45, 7) is 1.62. The van der Waals surface area contributed by atoms with Gasteiger partial charge in [-0.05, 0) is 37.3 Å². The molecule has 3 rings (SSSR count). The third-order valence-electron chi connectivity index (χ3n) is 3.73. The Kier molecular flexibility index (Phi) is 6.58. The molecule has 0 aliphatic carbocycles. The van der Waals surface area contributed by atoms with Crippen molar-refractivity contribution < 1.29 is 23.0 Å². The molecule has 0 saturated carbocycles. The third-order valence-corrected chi connectivity index (χ3v) is 4.03. The molecule has 0 saturated heterocycles. The molecular formula is C19H17ClF3N5O2. The number of aromatic nitrogens is 3. The van der Waals surface area contributed by atoms with Gasteiger partial charge < -0.3 is 20.5 Å². The third kappa shape index (κ3) is 5.94. The highest BCUT2D eigenvalue weighted by molar-refractivity contribution is 6.32. The van der Waals surface area contributed by atoms with E-state index in [0.717, 1.165) is 6.07 Å². The molecule has 11 heteroatoms. The molecule has 158 valence electrons. The molecule has 0 amide bonds. The van der Waals surface area contributed by atoms with Gasteiger partial charge in [-0.15, -0.1) is 13.2 Å². The van der Waals surface area contributed by atoms with Gasteiger partial charge >= 0.3 is 6.36 Å². The molecule has 0 aliphatic heterocycles. The molecule has 2 heterocycles. The molecule has 0 radical (unpaired) electrons. The monoisotopic (exact) mass is 439 g/mol. The van der Waals surface area contributed by atoms with Crippen LogP contribution in [0.1, 0.15) is 6.92 Å². The van der Waals surface area contributed by atoms with Crippen molar-refractivity contribution in [2.45, 2.75) is 19.3 Å². The fourth-order valence-corrected chi connectivity index (χ4v) is 2.64. The molecule has 0 fully saturated rings. The maximum atomic E-state index is 12.4. The Morgan fingerprint density at radius 1 is 1.13 bits per heavy atom. The predicted molar refractivity (Wildman–Crippen MR) is 107 cm³/mol. The Balaban J connectivity index is 1.91. The van der Waals surface area contributed by atoms with E-state index in [2.05, 4.69) is 30.3 Å². The van der Waals surface area contributed by atoms with Gasteiger partial charge in [-0.2, -0.15) is 4.98 Å². The minimum absolute atomic E-state index is 0.129. The van der Waals surface area contributed by atoms with Crippen molar-refractivity contribution in [1.29, 1.82) is 0 Å². The second kappa shape index (κ2) is 9.14. The van der Waals surface area contributed by atoms with Crippen LogP contribution in [-0.4, -0.2) is 39.1 Å². The van der Waals surface area contributed by atoms with Gasteiger partial charge in [0.25, 0.3) is 0 Å². The molecule has 0 bridgehead atoms. The molecule has 1 aromatic carbocycles. The minimum Gasteiger partial charge on any atom is -0.404 e. The smallest absolute Gasteiger partial charge is 0.404 e. The van der Waals surface area contributed by atoms with Crippen molar-refractivity contribution in [3.8, 4) is 17.1 Å². The van der Waals surface area contributed by atoms with Crippen LogP contribution in [0.3, 0.4) is 0 Å². The molecule has 0 aliphatic rings. The summed E-state index contributed by atoms with van der Waals surface area (Å²) in [6, 6.07) is 10.4. The highest BCUT2D eigenvalue weighted by Crippen LogP contribution is 2.33. The van der Waals surface area contributed by atoms with Crippen LogP contribution in [0.15, 0.2) is 48.7 Å². The average Bonchev–Trinajstić information content (AvgIpc) is 2.69. The van der Waals surface area contributed by atoms with Crippen molar-refractivity contribution >= 4 is 29.1 Å². The number of ether oxygens (including phenoxy) is 1. The van der Waals surface area contributed by atoms with Gasteiger partial charge in [0.15, 0.2) is 0 Å². The van der Waals surface area contributed by atoms with Crippen LogP contribution in [0.2, 0.25) is 5.02 Å². The van der Waals surface area contributed by atoms with Crippen LogP contribution < -0.4 is 15.4 Å². The first-order valence-corrected chi connectivity index (χ1v) is 9.11. The van der Waals surface area contributed by atoms with Crippen LogP contribution in [-0.2, 0) is 0 Å². The number of nitrogens with zero attached hydrogens (tertiary/aromatic N) is 3. The van der Waals surface area contributed by atoms with E-state index < -0.39 is 12.1 Å². The number of anilines is 3. The number of hydrogen-bond acceptors (Lipinski definition) is 7. The number of halogens is 4. The zero-order chi connectivity index (χ0) is 21.7. The summed E-state index contributed by atoms with van der Waals surface area (Å²) in [5.74, 6) is 0.0786. The number of hydrogen-bond donors (Lipinski definition) is 3. The predicted octanol–water partition coefficient (Wildman–Crippen LogP) is 4.63. The SMILES string of the molecule is C[C@H](CO)Nc1nc(Nc2ccc(OC(F)(F)F)c(Cl)c2)cc(-c2ccccn2)n1. The van der Waals surface area contributed by atoms with Crippen LogP contribution in [0.25, 0.3) is 11.4 Å². The quantitative estimate of drug-likeness (QED) is 0.494. The number of aliphatic hydroxyl groups excluding tert-OH is 1. The van der Waals surface area contributed by atoms with Crippen LogP contribution >= 0.6 is 11.6 Å². The van der Waals surface area contributed by atoms with Crippen molar-refractivity contribution in [2.24, 2.45) is 0 Å². The Hall–Kier alpha value is -3.11. The first kappa shape index (κ1) is 21.6. The van der Waals surface area contributed by atoms with Gasteiger partial charge in [-0.1, -0.05) is 17.7 Å². The summed E-state index contributed by atoms with van der Waals surface area (Å²) in [5.41, 5.74) is 1.49. The first-order chi connectivity index (χ1) is 14.2. The largest absolute Gasteiger partial charge is 0.573 e. The lowest BCUT2D eigenvalue weighted by atomic mass is 10.2. The lowest BCUT2D eigenvalue weighted by Gasteiger charge is -2.15. The molecule has 0 unspecified atom stereocenters. The fourth-order valence-electron chi connectivity index (χ4n) is 2.42. The Morgan fingerprint density at radius 2 is 1.93 bits per heavy atom. The van der Waals surface area contributed by atoms with Gasteiger partial charge in [0.2, 0.25) is 5.95 Å². The molecule has 7 nitrogen and oxygen atoms in total. The number of aliphatic hydroxyl groups is 1. The summed E-state index contributed by atoms with van der Waals surface area (Å²) in [5, 5.41) is 15.0. The lowest BCUT2D eigenvalue weighted by molar-refractivity contribution is -0.274. The number of nitrogens with one attached hydrogen (secondary N) is 2. The van der Waals surface area contributed by atoms with E-state index in [1.807, 2.05) is 0 Å². The molecule has 3 aromatic rings. The van der Waals surface area contributed by atoms with Crippen LogP contribution in [0.4, 0.5) is 30.6 Å². The topological polar surface area (TPSA) is 92.2 Å². The maximum absolute atomic E-state index is 12.4. The number of pyridine rings is 1. The van der Waals surface area contributed by atoms with Gasteiger partial charge in [-0.25, -0.2) is 4.98 Å². The van der Waals surface area contributed by atoms with Gasteiger partial charge in [-0.3, -0.25) is 4.98 Å². The zero-order valence-corrected chi connectivity index (χ0v) is 16.4. The zero-order valence-electron chi connectivity index (χ0n) is 15.6. The van der Waals surface area contributed by atoms with E-state index in [1.54, 1.807) is 37.4 Å². The van der Waals surface area contributed by atoms with Crippen LogP contribution in [0.5, 0.6) is 5.75 Å².